The van der Waals surface area contributed by atoms with Gasteiger partial charge in [0.1, 0.15) is 11.6 Å². The highest BCUT2D eigenvalue weighted by Gasteiger charge is 2.03. The quantitative estimate of drug-likeness (QED) is 0.901. The number of ether oxygens (including phenoxy) is 1. The van der Waals surface area contributed by atoms with Crippen molar-refractivity contribution in [3.63, 3.8) is 0 Å². The molecule has 0 radical (unpaired) electrons. The molecule has 0 atom stereocenters. The van der Waals surface area contributed by atoms with Crippen LogP contribution >= 0.6 is 0 Å². The van der Waals surface area contributed by atoms with E-state index in [0.717, 1.165) is 17.7 Å². The first-order valence-corrected chi connectivity index (χ1v) is 5.82. The van der Waals surface area contributed by atoms with Crippen LogP contribution in [0.5, 0.6) is 5.88 Å². The maximum Gasteiger partial charge on any atom is 0.213 e. The van der Waals surface area contributed by atoms with Gasteiger partial charge in [0, 0.05) is 30.9 Å². The zero-order chi connectivity index (χ0) is 13.7. The lowest BCUT2D eigenvalue weighted by molar-refractivity contribution is 0.397. The maximum absolute atomic E-state index is 13.4. The molecule has 1 N–H and O–H groups in total. The van der Waals surface area contributed by atoms with Gasteiger partial charge in [-0.2, -0.15) is 0 Å². The van der Waals surface area contributed by atoms with Crippen molar-refractivity contribution in [3.05, 3.63) is 59.3 Å². The van der Waals surface area contributed by atoms with Crippen molar-refractivity contribution in [3.8, 4) is 5.88 Å². The molecule has 0 bridgehead atoms. The molecular weight excluding hydrogens is 250 g/mol. The van der Waals surface area contributed by atoms with E-state index in [-0.39, 0.29) is 6.54 Å². The van der Waals surface area contributed by atoms with E-state index in [2.05, 4.69) is 10.3 Å². The summed E-state index contributed by atoms with van der Waals surface area (Å²) < 4.78 is 31.4. The van der Waals surface area contributed by atoms with Crippen LogP contribution in [0.2, 0.25) is 0 Å². The van der Waals surface area contributed by atoms with Gasteiger partial charge in [0.15, 0.2) is 0 Å². The first-order valence-electron chi connectivity index (χ1n) is 5.82. The molecule has 5 heteroatoms. The number of halogens is 2. The fourth-order valence-corrected chi connectivity index (χ4v) is 1.69. The highest BCUT2D eigenvalue weighted by Crippen LogP contribution is 2.11. The van der Waals surface area contributed by atoms with Crippen molar-refractivity contribution in [2.75, 3.05) is 7.11 Å². The average Bonchev–Trinajstić information content (AvgIpc) is 2.43. The molecule has 3 nitrogen and oxygen atoms in total. The summed E-state index contributed by atoms with van der Waals surface area (Å²) in [6.45, 7) is 0.781. The zero-order valence-electron chi connectivity index (χ0n) is 10.5. The smallest absolute Gasteiger partial charge is 0.213 e. The molecule has 19 heavy (non-hydrogen) atoms. The molecule has 0 saturated heterocycles. The standard InChI is InChI=1S/C14H14F2N2O/c1-19-14-6-10(4-5-18-14)8-17-9-11-7-12(15)2-3-13(11)16/h2-7,17H,8-9H2,1H3. The van der Waals surface area contributed by atoms with E-state index in [1.165, 1.54) is 6.07 Å². The Bertz CT molecular complexity index is 561. The topological polar surface area (TPSA) is 34.1 Å². The molecule has 0 aliphatic carbocycles. The summed E-state index contributed by atoms with van der Waals surface area (Å²) in [4.78, 5) is 3.99. The number of benzene rings is 1. The third-order valence-electron chi connectivity index (χ3n) is 2.66. The zero-order valence-corrected chi connectivity index (χ0v) is 10.5. The monoisotopic (exact) mass is 264 g/mol. The van der Waals surface area contributed by atoms with Gasteiger partial charge in [0.2, 0.25) is 5.88 Å². The Morgan fingerprint density at radius 2 is 2.00 bits per heavy atom. The second kappa shape index (κ2) is 6.24. The van der Waals surface area contributed by atoms with Gasteiger partial charge < -0.3 is 10.1 Å². The second-order valence-corrected chi connectivity index (χ2v) is 4.05. The van der Waals surface area contributed by atoms with E-state index >= 15 is 0 Å². The van der Waals surface area contributed by atoms with Crippen molar-refractivity contribution in [2.24, 2.45) is 0 Å². The molecule has 1 aromatic carbocycles. The largest absolute Gasteiger partial charge is 0.481 e. The van der Waals surface area contributed by atoms with Gasteiger partial charge in [-0.15, -0.1) is 0 Å². The molecule has 0 unspecified atom stereocenters. The molecule has 1 aromatic heterocycles. The van der Waals surface area contributed by atoms with E-state index in [0.29, 0.717) is 18.0 Å². The first kappa shape index (κ1) is 13.4. The molecule has 0 aliphatic heterocycles. The van der Waals surface area contributed by atoms with Crippen molar-refractivity contribution in [2.45, 2.75) is 13.1 Å². The van der Waals surface area contributed by atoms with Crippen LogP contribution in [-0.2, 0) is 13.1 Å². The summed E-state index contributed by atoms with van der Waals surface area (Å²) in [6, 6.07) is 7.04. The van der Waals surface area contributed by atoms with E-state index in [1.807, 2.05) is 6.07 Å². The number of hydrogen-bond acceptors (Lipinski definition) is 3. The lowest BCUT2D eigenvalue weighted by atomic mass is 10.2. The minimum atomic E-state index is -0.441. The van der Waals surface area contributed by atoms with Gasteiger partial charge in [0.25, 0.3) is 0 Å². The minimum Gasteiger partial charge on any atom is -0.481 e. The third kappa shape index (κ3) is 3.72. The summed E-state index contributed by atoms with van der Waals surface area (Å²) in [7, 11) is 1.54. The molecule has 2 rings (SSSR count). The lowest BCUT2D eigenvalue weighted by Gasteiger charge is -2.07. The summed E-state index contributed by atoms with van der Waals surface area (Å²) in [6.07, 6.45) is 1.64. The van der Waals surface area contributed by atoms with Crippen LogP contribution in [0.4, 0.5) is 8.78 Å². The Labute approximate surface area is 110 Å². The second-order valence-electron chi connectivity index (χ2n) is 4.05. The Morgan fingerprint density at radius 3 is 2.79 bits per heavy atom. The molecule has 0 amide bonds. The summed E-state index contributed by atoms with van der Waals surface area (Å²) >= 11 is 0. The summed E-state index contributed by atoms with van der Waals surface area (Å²) in [5.74, 6) is -0.332. The van der Waals surface area contributed by atoms with Gasteiger partial charge in [-0.25, -0.2) is 13.8 Å². The number of methoxy groups -OCH3 is 1. The molecule has 1 heterocycles. The Balaban J connectivity index is 1.94. The Hall–Kier alpha value is -2.01. The number of rotatable bonds is 5. The third-order valence-corrected chi connectivity index (χ3v) is 2.66. The van der Waals surface area contributed by atoms with Crippen LogP contribution in [0.3, 0.4) is 0 Å². The van der Waals surface area contributed by atoms with Crippen LogP contribution in [-0.4, -0.2) is 12.1 Å². The van der Waals surface area contributed by atoms with Gasteiger partial charge >= 0.3 is 0 Å². The van der Waals surface area contributed by atoms with Crippen LogP contribution in [0.1, 0.15) is 11.1 Å². The van der Waals surface area contributed by atoms with Crippen LogP contribution < -0.4 is 10.1 Å². The predicted octanol–water partition coefficient (Wildman–Crippen LogP) is 2.66. The number of pyridine rings is 1. The van der Waals surface area contributed by atoms with Crippen LogP contribution in [0.25, 0.3) is 0 Å². The number of hydrogen-bond donors (Lipinski definition) is 1. The van der Waals surface area contributed by atoms with E-state index < -0.39 is 11.6 Å². The van der Waals surface area contributed by atoms with Gasteiger partial charge in [0.05, 0.1) is 7.11 Å². The molecular formula is C14H14F2N2O. The minimum absolute atomic E-state index is 0.258. The fraction of sp³-hybridized carbons (Fsp3) is 0.214. The van der Waals surface area contributed by atoms with Crippen LogP contribution in [0.15, 0.2) is 36.5 Å². The van der Waals surface area contributed by atoms with Gasteiger partial charge in [-0.05, 0) is 29.8 Å². The van der Waals surface area contributed by atoms with Crippen LogP contribution in [0, 0.1) is 11.6 Å². The SMILES string of the molecule is COc1cc(CNCc2cc(F)ccc2F)ccn1. The normalized spacial score (nSPS) is 10.5. The predicted molar refractivity (Wildman–Crippen MR) is 67.7 cm³/mol. The highest BCUT2D eigenvalue weighted by molar-refractivity contribution is 5.21. The number of nitrogens with zero attached hydrogens (tertiary/aromatic N) is 1. The molecule has 0 aliphatic rings. The number of aromatic nitrogens is 1. The molecule has 0 saturated carbocycles. The summed E-state index contributed by atoms with van der Waals surface area (Å²) in [5, 5.41) is 3.05. The van der Waals surface area contributed by atoms with Crippen molar-refractivity contribution < 1.29 is 13.5 Å². The fourth-order valence-electron chi connectivity index (χ4n) is 1.69. The molecule has 2 aromatic rings. The van der Waals surface area contributed by atoms with Gasteiger partial charge in [-0.1, -0.05) is 0 Å². The highest BCUT2D eigenvalue weighted by atomic mass is 19.1. The van der Waals surface area contributed by atoms with Crippen molar-refractivity contribution in [1.82, 2.24) is 10.3 Å². The van der Waals surface area contributed by atoms with Gasteiger partial charge in [-0.3, -0.25) is 0 Å². The maximum atomic E-state index is 13.4. The summed E-state index contributed by atoms with van der Waals surface area (Å²) in [5.41, 5.74) is 1.27. The van der Waals surface area contributed by atoms with E-state index in [1.54, 1.807) is 19.4 Å². The number of nitrogens with one attached hydrogen (secondary N) is 1. The van der Waals surface area contributed by atoms with E-state index in [4.69, 9.17) is 4.74 Å². The van der Waals surface area contributed by atoms with Crippen molar-refractivity contribution >= 4 is 0 Å². The Kier molecular flexibility index (Phi) is 4.41. The van der Waals surface area contributed by atoms with E-state index in [9.17, 15) is 8.78 Å². The Morgan fingerprint density at radius 1 is 1.16 bits per heavy atom. The van der Waals surface area contributed by atoms with Crippen molar-refractivity contribution in [1.29, 1.82) is 0 Å². The molecule has 0 fully saturated rings. The molecule has 100 valence electrons. The first-order chi connectivity index (χ1) is 9.19. The molecule has 0 spiro atoms. The lowest BCUT2D eigenvalue weighted by Crippen LogP contribution is -2.14. The average molecular weight is 264 g/mol.